The molecule has 2 amide bonds. The van der Waals surface area contributed by atoms with Gasteiger partial charge in [-0.1, -0.05) is 6.07 Å². The van der Waals surface area contributed by atoms with Crippen LogP contribution in [0.2, 0.25) is 0 Å². The summed E-state index contributed by atoms with van der Waals surface area (Å²) in [5.74, 6) is -0.805. The molecule has 0 aliphatic rings. The number of carbonyl (C=O) groups is 2. The van der Waals surface area contributed by atoms with Crippen molar-refractivity contribution >= 4 is 12.0 Å². The number of carboxylic acids is 1. The molecule has 1 rings (SSSR count). The quantitative estimate of drug-likeness (QED) is 0.615. The molecule has 19 heavy (non-hydrogen) atoms. The van der Waals surface area contributed by atoms with Crippen molar-refractivity contribution in [2.45, 2.75) is 25.7 Å². The van der Waals surface area contributed by atoms with Crippen molar-refractivity contribution in [2.75, 3.05) is 13.1 Å². The van der Waals surface area contributed by atoms with E-state index in [0.717, 1.165) is 12.0 Å². The maximum Gasteiger partial charge on any atom is 0.314 e. The number of nitrogens with zero attached hydrogens (tertiary/aromatic N) is 1. The Morgan fingerprint density at radius 3 is 2.68 bits per heavy atom. The molecule has 0 aliphatic heterocycles. The van der Waals surface area contributed by atoms with Crippen molar-refractivity contribution in [3.05, 3.63) is 30.1 Å². The smallest absolute Gasteiger partial charge is 0.314 e. The number of aliphatic carboxylic acids is 1. The van der Waals surface area contributed by atoms with Gasteiger partial charge in [-0.05, 0) is 30.9 Å². The van der Waals surface area contributed by atoms with E-state index in [1.54, 1.807) is 12.4 Å². The molecule has 1 heterocycles. The molecule has 0 saturated heterocycles. The van der Waals surface area contributed by atoms with E-state index in [2.05, 4.69) is 15.6 Å². The summed E-state index contributed by atoms with van der Waals surface area (Å²) < 4.78 is 0. The number of pyridine rings is 1. The maximum atomic E-state index is 11.4. The summed E-state index contributed by atoms with van der Waals surface area (Å²) >= 11 is 0. The Labute approximate surface area is 112 Å². The van der Waals surface area contributed by atoms with Gasteiger partial charge in [-0.2, -0.15) is 0 Å². The Morgan fingerprint density at radius 2 is 2.00 bits per heavy atom. The van der Waals surface area contributed by atoms with Gasteiger partial charge in [-0.25, -0.2) is 4.79 Å². The van der Waals surface area contributed by atoms with Gasteiger partial charge in [0.05, 0.1) is 0 Å². The van der Waals surface area contributed by atoms with Crippen LogP contribution in [0.4, 0.5) is 4.79 Å². The highest BCUT2D eigenvalue weighted by Gasteiger charge is 2.00. The first kappa shape index (κ1) is 14.9. The Kier molecular flexibility index (Phi) is 7.01. The first-order valence-corrected chi connectivity index (χ1v) is 6.31. The van der Waals surface area contributed by atoms with E-state index in [1.165, 1.54) is 0 Å². The summed E-state index contributed by atoms with van der Waals surface area (Å²) in [6.45, 7) is 1.04. The Balaban J connectivity index is 2.01. The van der Waals surface area contributed by atoms with Crippen LogP contribution in [0.5, 0.6) is 0 Å². The standard InChI is InChI=1S/C13H19N3O3/c17-12(18)5-1-2-8-15-13(19)16-9-6-11-4-3-7-14-10-11/h3-4,7,10H,1-2,5-6,8-9H2,(H,17,18)(H2,15,16,19). The molecule has 3 N–H and O–H groups in total. The van der Waals surface area contributed by atoms with Crippen LogP contribution in [0, 0.1) is 0 Å². The van der Waals surface area contributed by atoms with E-state index >= 15 is 0 Å². The third-order valence-corrected chi connectivity index (χ3v) is 2.53. The fraction of sp³-hybridized carbons (Fsp3) is 0.462. The normalized spacial score (nSPS) is 9.89. The number of hydrogen-bond donors (Lipinski definition) is 3. The fourth-order valence-corrected chi connectivity index (χ4v) is 1.53. The average molecular weight is 265 g/mol. The Bertz CT molecular complexity index is 395. The number of carbonyl (C=O) groups excluding carboxylic acids is 1. The third kappa shape index (κ3) is 7.75. The van der Waals surface area contributed by atoms with Gasteiger partial charge in [-0.3, -0.25) is 9.78 Å². The largest absolute Gasteiger partial charge is 0.481 e. The first-order valence-electron chi connectivity index (χ1n) is 6.31. The summed E-state index contributed by atoms with van der Waals surface area (Å²) in [4.78, 5) is 25.6. The van der Waals surface area contributed by atoms with Crippen molar-refractivity contribution < 1.29 is 14.7 Å². The number of carboxylic acid groups (broad SMARTS) is 1. The highest BCUT2D eigenvalue weighted by atomic mass is 16.4. The predicted octanol–water partition coefficient (Wildman–Crippen LogP) is 1.18. The molecule has 0 unspecified atom stereocenters. The number of aromatic nitrogens is 1. The molecule has 0 atom stereocenters. The molecule has 0 aromatic carbocycles. The third-order valence-electron chi connectivity index (χ3n) is 2.53. The molecular formula is C13H19N3O3. The zero-order chi connectivity index (χ0) is 13.9. The molecule has 0 saturated carbocycles. The van der Waals surface area contributed by atoms with Crippen LogP contribution in [0.1, 0.15) is 24.8 Å². The molecule has 1 aromatic rings. The van der Waals surface area contributed by atoms with Crippen molar-refractivity contribution in [1.82, 2.24) is 15.6 Å². The van der Waals surface area contributed by atoms with Crippen LogP contribution in [0.3, 0.4) is 0 Å². The minimum Gasteiger partial charge on any atom is -0.481 e. The SMILES string of the molecule is O=C(O)CCCCNC(=O)NCCc1cccnc1. The van der Waals surface area contributed by atoms with Gasteiger partial charge in [0.25, 0.3) is 0 Å². The van der Waals surface area contributed by atoms with Crippen molar-refractivity contribution in [1.29, 1.82) is 0 Å². The Morgan fingerprint density at radius 1 is 1.21 bits per heavy atom. The van der Waals surface area contributed by atoms with E-state index in [1.807, 2.05) is 12.1 Å². The monoisotopic (exact) mass is 265 g/mol. The molecule has 104 valence electrons. The minimum absolute atomic E-state index is 0.143. The Hall–Kier alpha value is -2.11. The van der Waals surface area contributed by atoms with E-state index in [0.29, 0.717) is 25.9 Å². The van der Waals surface area contributed by atoms with Gasteiger partial charge in [0.1, 0.15) is 0 Å². The van der Waals surface area contributed by atoms with Gasteiger partial charge < -0.3 is 15.7 Å². The number of nitrogens with one attached hydrogen (secondary N) is 2. The van der Waals surface area contributed by atoms with Crippen molar-refractivity contribution in [3.63, 3.8) is 0 Å². The summed E-state index contributed by atoms with van der Waals surface area (Å²) in [5, 5.41) is 13.9. The zero-order valence-corrected chi connectivity index (χ0v) is 10.8. The van der Waals surface area contributed by atoms with Gasteiger partial charge >= 0.3 is 12.0 Å². The molecule has 6 nitrogen and oxygen atoms in total. The number of unbranched alkanes of at least 4 members (excludes halogenated alkanes) is 1. The average Bonchev–Trinajstić information content (AvgIpc) is 2.39. The second kappa shape index (κ2) is 8.91. The fourth-order valence-electron chi connectivity index (χ4n) is 1.53. The molecule has 6 heteroatoms. The van der Waals surface area contributed by atoms with Gasteiger partial charge in [0.15, 0.2) is 0 Å². The highest BCUT2D eigenvalue weighted by Crippen LogP contribution is 1.95. The van der Waals surface area contributed by atoms with Crippen LogP contribution >= 0.6 is 0 Å². The number of rotatable bonds is 8. The van der Waals surface area contributed by atoms with Crippen LogP contribution in [0.15, 0.2) is 24.5 Å². The molecule has 0 aliphatic carbocycles. The summed E-state index contributed by atoms with van der Waals surface area (Å²) in [5.41, 5.74) is 1.07. The lowest BCUT2D eigenvalue weighted by Crippen LogP contribution is -2.37. The maximum absolute atomic E-state index is 11.4. The van der Waals surface area contributed by atoms with E-state index in [4.69, 9.17) is 5.11 Å². The zero-order valence-electron chi connectivity index (χ0n) is 10.8. The predicted molar refractivity (Wildman–Crippen MR) is 70.8 cm³/mol. The second-order valence-corrected chi connectivity index (χ2v) is 4.14. The number of amides is 2. The highest BCUT2D eigenvalue weighted by molar-refractivity contribution is 5.73. The van der Waals surface area contributed by atoms with E-state index < -0.39 is 5.97 Å². The molecule has 0 spiro atoms. The molecule has 1 aromatic heterocycles. The van der Waals surface area contributed by atoms with Gasteiger partial charge in [0.2, 0.25) is 0 Å². The molecular weight excluding hydrogens is 246 g/mol. The molecule has 0 bridgehead atoms. The summed E-state index contributed by atoms with van der Waals surface area (Å²) in [7, 11) is 0. The number of hydrogen-bond acceptors (Lipinski definition) is 3. The van der Waals surface area contributed by atoms with Crippen LogP contribution in [0.25, 0.3) is 0 Å². The first-order chi connectivity index (χ1) is 9.18. The van der Waals surface area contributed by atoms with Crippen molar-refractivity contribution in [3.8, 4) is 0 Å². The van der Waals surface area contributed by atoms with Crippen LogP contribution in [-0.4, -0.2) is 35.2 Å². The minimum atomic E-state index is -0.805. The van der Waals surface area contributed by atoms with Crippen LogP contribution in [-0.2, 0) is 11.2 Å². The lowest BCUT2D eigenvalue weighted by Gasteiger charge is -2.07. The lowest BCUT2D eigenvalue weighted by molar-refractivity contribution is -0.137. The topological polar surface area (TPSA) is 91.3 Å². The van der Waals surface area contributed by atoms with E-state index in [9.17, 15) is 9.59 Å². The van der Waals surface area contributed by atoms with Gasteiger partial charge in [-0.15, -0.1) is 0 Å². The second-order valence-electron chi connectivity index (χ2n) is 4.14. The van der Waals surface area contributed by atoms with Crippen LogP contribution < -0.4 is 10.6 Å². The van der Waals surface area contributed by atoms with Gasteiger partial charge in [0, 0.05) is 31.9 Å². The summed E-state index contributed by atoms with van der Waals surface area (Å²) in [6.07, 6.45) is 5.60. The molecule has 0 fully saturated rings. The van der Waals surface area contributed by atoms with E-state index in [-0.39, 0.29) is 12.5 Å². The van der Waals surface area contributed by atoms with Crippen molar-refractivity contribution in [2.24, 2.45) is 0 Å². The lowest BCUT2D eigenvalue weighted by atomic mass is 10.2. The number of urea groups is 1. The summed E-state index contributed by atoms with van der Waals surface area (Å²) in [6, 6.07) is 3.59. The molecule has 0 radical (unpaired) electrons.